The SMILES string of the molecule is CC(O)C(=O)O.CCCCC(O)C(=O)O.CCCCCCC(O)C(=O)O.CCCCCCCCC(O)C(=O)O.O=C(O)CO. The van der Waals surface area contributed by atoms with Gasteiger partial charge in [0.25, 0.3) is 0 Å². The Balaban J connectivity index is -0.000000150. The van der Waals surface area contributed by atoms with Crippen LogP contribution in [0.25, 0.3) is 0 Å². The van der Waals surface area contributed by atoms with Crippen molar-refractivity contribution in [2.24, 2.45) is 0 Å². The Kier molecular flexibility index (Phi) is 44.0. The molecule has 15 nitrogen and oxygen atoms in total. The van der Waals surface area contributed by atoms with Crippen molar-refractivity contribution in [2.45, 2.75) is 148 Å². The van der Waals surface area contributed by atoms with Gasteiger partial charge in [0.15, 0.2) is 18.3 Å². The predicted octanol–water partition coefficient (Wildman–Crippen LogP) is 2.72. The van der Waals surface area contributed by atoms with Crippen LogP contribution in [0.4, 0.5) is 0 Å². The van der Waals surface area contributed by atoms with E-state index in [1.807, 2.05) is 6.92 Å². The van der Waals surface area contributed by atoms with Crippen LogP contribution in [0.15, 0.2) is 0 Å². The molecule has 44 heavy (non-hydrogen) atoms. The number of hydrogen-bond donors (Lipinski definition) is 10. The topological polar surface area (TPSA) is 288 Å². The Morgan fingerprint density at radius 3 is 0.909 bits per heavy atom. The molecule has 0 aliphatic heterocycles. The van der Waals surface area contributed by atoms with Gasteiger partial charge in [-0.05, 0) is 26.2 Å². The summed E-state index contributed by atoms with van der Waals surface area (Å²) in [5.74, 6) is -5.71. The maximum atomic E-state index is 10.2. The van der Waals surface area contributed by atoms with Gasteiger partial charge in [-0.1, -0.05) is 97.8 Å². The molecule has 15 heteroatoms. The summed E-state index contributed by atoms with van der Waals surface area (Å²) in [5, 5.41) is 82.0. The van der Waals surface area contributed by atoms with Crippen LogP contribution in [0, 0.1) is 0 Å². The summed E-state index contributed by atoms with van der Waals surface area (Å²) in [6.45, 7) is 6.62. The maximum Gasteiger partial charge on any atom is 0.332 e. The summed E-state index contributed by atoms with van der Waals surface area (Å²) in [4.78, 5) is 48.9. The fourth-order valence-corrected chi connectivity index (χ4v) is 2.65. The molecule has 10 N–H and O–H groups in total. The van der Waals surface area contributed by atoms with Crippen molar-refractivity contribution in [3.8, 4) is 0 Å². The monoisotopic (exact) mass is 646 g/mol. The highest BCUT2D eigenvalue weighted by molar-refractivity contribution is 5.72. The molecule has 0 aliphatic rings. The van der Waals surface area contributed by atoms with E-state index in [4.69, 9.17) is 55.9 Å². The van der Waals surface area contributed by atoms with Crippen LogP contribution in [0.5, 0.6) is 0 Å². The maximum absolute atomic E-state index is 10.2. The first-order valence-corrected chi connectivity index (χ1v) is 14.9. The van der Waals surface area contributed by atoms with Gasteiger partial charge >= 0.3 is 29.8 Å². The van der Waals surface area contributed by atoms with Gasteiger partial charge in [-0.2, -0.15) is 0 Å². The van der Waals surface area contributed by atoms with E-state index in [-0.39, 0.29) is 0 Å². The fourth-order valence-electron chi connectivity index (χ4n) is 2.65. The van der Waals surface area contributed by atoms with Crippen LogP contribution < -0.4 is 0 Å². The zero-order valence-electron chi connectivity index (χ0n) is 26.6. The lowest BCUT2D eigenvalue weighted by molar-refractivity contribution is -0.147. The molecular formula is C29H58O15. The number of carbonyl (C=O) groups is 5. The van der Waals surface area contributed by atoms with Crippen LogP contribution in [0.2, 0.25) is 0 Å². The van der Waals surface area contributed by atoms with Gasteiger partial charge in [0, 0.05) is 0 Å². The van der Waals surface area contributed by atoms with Gasteiger partial charge in [-0.3, -0.25) is 0 Å². The number of aliphatic carboxylic acids is 5. The van der Waals surface area contributed by atoms with E-state index in [1.165, 1.54) is 26.2 Å². The van der Waals surface area contributed by atoms with E-state index in [0.717, 1.165) is 57.8 Å². The number of hydrogen-bond acceptors (Lipinski definition) is 10. The number of rotatable bonds is 20. The normalized spacial score (nSPS) is 12.4. The lowest BCUT2D eigenvalue weighted by atomic mass is 10.1. The zero-order valence-corrected chi connectivity index (χ0v) is 26.6. The summed E-state index contributed by atoms with van der Waals surface area (Å²) in [6.07, 6.45) is 8.88. The van der Waals surface area contributed by atoms with E-state index in [1.54, 1.807) is 0 Å². The summed E-state index contributed by atoms with van der Waals surface area (Å²) in [5.41, 5.74) is 0. The number of aliphatic hydroxyl groups is 5. The summed E-state index contributed by atoms with van der Waals surface area (Å²) >= 11 is 0. The number of carboxylic acid groups (broad SMARTS) is 5. The molecule has 0 heterocycles. The molecule has 0 amide bonds. The van der Waals surface area contributed by atoms with Crippen molar-refractivity contribution in [1.82, 2.24) is 0 Å². The molecule has 0 aromatic carbocycles. The molecule has 4 unspecified atom stereocenters. The minimum absolute atomic E-state index is 0.367. The predicted molar refractivity (Wildman–Crippen MR) is 161 cm³/mol. The minimum Gasteiger partial charge on any atom is -0.480 e. The lowest BCUT2D eigenvalue weighted by Gasteiger charge is -2.04. The molecule has 0 saturated carbocycles. The van der Waals surface area contributed by atoms with E-state index < -0.39 is 60.9 Å². The molecule has 0 aromatic rings. The Bertz CT molecular complexity index is 698. The molecule has 0 rings (SSSR count). The standard InChI is InChI=1S/C10H20O3.C8H16O3.C6H12O3.C3H6O3.C2H4O3/c1-2-3-4-5-6-7-8-9(11)10(12)13;1-2-3-4-5-6-7(9)8(10)11;1-2-3-4-5(7)6(8)9;1-2(4)3(5)6;3-1-2(4)5/h9,11H,2-8H2,1H3,(H,12,13);7,9H,2-6H2,1H3,(H,10,11);5,7H,2-4H2,1H3,(H,8,9);2,4H,1H3,(H,5,6);3H,1H2,(H,4,5). The van der Waals surface area contributed by atoms with Gasteiger partial charge in [-0.15, -0.1) is 0 Å². The lowest BCUT2D eigenvalue weighted by Crippen LogP contribution is -2.18. The first kappa shape index (κ1) is 50.8. The third kappa shape index (κ3) is 51.9. The molecule has 0 bridgehead atoms. The van der Waals surface area contributed by atoms with E-state index >= 15 is 0 Å². The van der Waals surface area contributed by atoms with E-state index in [2.05, 4.69) is 13.8 Å². The molecule has 4 atom stereocenters. The average Bonchev–Trinajstić information content (AvgIpc) is 2.96. The second-order valence-corrected chi connectivity index (χ2v) is 9.68. The molecule has 0 aromatic heterocycles. The summed E-state index contributed by atoms with van der Waals surface area (Å²) in [6, 6.07) is 0. The Hall–Kier alpha value is -2.85. The Morgan fingerprint density at radius 1 is 0.455 bits per heavy atom. The molecule has 0 spiro atoms. The van der Waals surface area contributed by atoms with Gasteiger partial charge in [0.1, 0.15) is 12.7 Å². The molecule has 0 fully saturated rings. The molecule has 0 aliphatic carbocycles. The Labute approximate surface area is 260 Å². The Morgan fingerprint density at radius 2 is 0.682 bits per heavy atom. The quantitative estimate of drug-likeness (QED) is 0.0851. The molecular weight excluding hydrogens is 588 g/mol. The molecule has 264 valence electrons. The minimum atomic E-state index is -1.23. The highest BCUT2D eigenvalue weighted by Gasteiger charge is 2.12. The van der Waals surface area contributed by atoms with Gasteiger partial charge < -0.3 is 51.1 Å². The smallest absolute Gasteiger partial charge is 0.332 e. The van der Waals surface area contributed by atoms with E-state index in [9.17, 15) is 19.2 Å². The summed E-state index contributed by atoms with van der Waals surface area (Å²) in [7, 11) is 0. The average molecular weight is 647 g/mol. The third-order valence-corrected chi connectivity index (χ3v) is 5.34. The molecule has 0 saturated heterocycles. The highest BCUT2D eigenvalue weighted by Crippen LogP contribution is 2.08. The zero-order chi connectivity index (χ0) is 35.5. The van der Waals surface area contributed by atoms with Crippen molar-refractivity contribution in [2.75, 3.05) is 6.61 Å². The van der Waals surface area contributed by atoms with Gasteiger partial charge in [0.2, 0.25) is 0 Å². The second-order valence-electron chi connectivity index (χ2n) is 9.68. The van der Waals surface area contributed by atoms with E-state index in [0.29, 0.717) is 19.3 Å². The number of aliphatic hydroxyl groups excluding tert-OH is 5. The third-order valence-electron chi connectivity index (χ3n) is 5.34. The largest absolute Gasteiger partial charge is 0.480 e. The van der Waals surface area contributed by atoms with Crippen LogP contribution in [0.1, 0.15) is 124 Å². The van der Waals surface area contributed by atoms with Crippen molar-refractivity contribution in [3.63, 3.8) is 0 Å². The molecule has 0 radical (unpaired) electrons. The number of unbranched alkanes of at least 4 members (excludes halogenated alkanes) is 9. The van der Waals surface area contributed by atoms with Crippen LogP contribution in [0.3, 0.4) is 0 Å². The number of carboxylic acids is 5. The van der Waals surface area contributed by atoms with Crippen molar-refractivity contribution in [1.29, 1.82) is 0 Å². The second kappa shape index (κ2) is 38.2. The summed E-state index contributed by atoms with van der Waals surface area (Å²) < 4.78 is 0. The first-order chi connectivity index (χ1) is 20.5. The van der Waals surface area contributed by atoms with Gasteiger partial charge in [0.05, 0.1) is 0 Å². The first-order valence-electron chi connectivity index (χ1n) is 14.9. The van der Waals surface area contributed by atoms with Gasteiger partial charge in [-0.25, -0.2) is 24.0 Å². The highest BCUT2D eigenvalue weighted by atomic mass is 16.4. The van der Waals surface area contributed by atoms with Crippen molar-refractivity contribution >= 4 is 29.8 Å². The van der Waals surface area contributed by atoms with Crippen molar-refractivity contribution < 1.29 is 75.0 Å². The van der Waals surface area contributed by atoms with Crippen molar-refractivity contribution in [3.05, 3.63) is 0 Å². The van der Waals surface area contributed by atoms with Crippen LogP contribution >= 0.6 is 0 Å². The van der Waals surface area contributed by atoms with Crippen LogP contribution in [-0.4, -0.2) is 112 Å². The fraction of sp³-hybridized carbons (Fsp3) is 0.828. The van der Waals surface area contributed by atoms with Crippen LogP contribution in [-0.2, 0) is 24.0 Å².